The Bertz CT molecular complexity index is 460. The minimum atomic E-state index is 0.663. The molecular weight excluding hydrogens is 204 g/mol. The van der Waals surface area contributed by atoms with E-state index in [2.05, 4.69) is 31.1 Å². The zero-order valence-corrected chi connectivity index (χ0v) is 9.90. The zero-order valence-electron chi connectivity index (χ0n) is 9.08. The van der Waals surface area contributed by atoms with Gasteiger partial charge in [-0.1, -0.05) is 26.0 Å². The average Bonchev–Trinajstić information content (AvgIpc) is 2.59. The highest BCUT2D eigenvalue weighted by atomic mass is 32.2. The van der Waals surface area contributed by atoms with Gasteiger partial charge in [0.25, 0.3) is 0 Å². The first-order valence-corrected chi connectivity index (χ1v) is 6.19. The average molecular weight is 220 g/mol. The van der Waals surface area contributed by atoms with Gasteiger partial charge < -0.3 is 10.7 Å². The predicted molar refractivity (Wildman–Crippen MR) is 69.1 cm³/mol. The van der Waals surface area contributed by atoms with E-state index in [0.717, 1.165) is 17.0 Å². The maximum atomic E-state index is 5.89. The number of nitrogen functional groups attached to an aromatic ring is 1. The lowest BCUT2D eigenvalue weighted by Gasteiger charge is -2.03. The topological polar surface area (TPSA) is 41.8 Å². The molecule has 0 radical (unpaired) electrons. The molecule has 0 aliphatic carbocycles. The van der Waals surface area contributed by atoms with Crippen molar-refractivity contribution >= 4 is 28.4 Å². The van der Waals surface area contributed by atoms with Crippen LogP contribution in [0.25, 0.3) is 10.9 Å². The predicted octanol–water partition coefficient (Wildman–Crippen LogP) is 3.39. The molecule has 2 aromatic rings. The van der Waals surface area contributed by atoms with E-state index in [1.165, 1.54) is 10.9 Å². The van der Waals surface area contributed by atoms with E-state index in [-0.39, 0.29) is 0 Å². The molecule has 0 saturated carbocycles. The quantitative estimate of drug-likeness (QED) is 0.778. The number of hydrogen-bond acceptors (Lipinski definition) is 2. The Balaban J connectivity index is 2.33. The SMILES string of the molecule is CC(C)SCc1c[nH]c2c(N)cccc12. The Morgan fingerprint density at radius 3 is 2.93 bits per heavy atom. The second-order valence-electron chi connectivity index (χ2n) is 3.94. The standard InChI is InChI=1S/C12H16N2S/c1-8(2)15-7-9-6-14-12-10(9)4-3-5-11(12)13/h3-6,8,14H,7,13H2,1-2H3. The Morgan fingerprint density at radius 1 is 1.40 bits per heavy atom. The van der Waals surface area contributed by atoms with E-state index in [1.807, 2.05) is 23.9 Å². The Kier molecular flexibility index (Phi) is 2.91. The van der Waals surface area contributed by atoms with Crippen LogP contribution in [0.5, 0.6) is 0 Å². The fourth-order valence-electron chi connectivity index (χ4n) is 1.61. The normalized spacial score (nSPS) is 11.4. The summed E-state index contributed by atoms with van der Waals surface area (Å²) < 4.78 is 0. The van der Waals surface area contributed by atoms with E-state index in [0.29, 0.717) is 5.25 Å². The van der Waals surface area contributed by atoms with Crippen molar-refractivity contribution in [3.63, 3.8) is 0 Å². The van der Waals surface area contributed by atoms with E-state index >= 15 is 0 Å². The number of fused-ring (bicyclic) bond motifs is 1. The number of hydrogen-bond donors (Lipinski definition) is 2. The van der Waals surface area contributed by atoms with Gasteiger partial charge in [0, 0.05) is 17.3 Å². The van der Waals surface area contributed by atoms with E-state index in [4.69, 9.17) is 5.73 Å². The number of anilines is 1. The summed E-state index contributed by atoms with van der Waals surface area (Å²) in [6.45, 7) is 4.43. The van der Waals surface area contributed by atoms with Gasteiger partial charge in [0.2, 0.25) is 0 Å². The first-order valence-electron chi connectivity index (χ1n) is 5.14. The van der Waals surface area contributed by atoms with Gasteiger partial charge in [-0.05, 0) is 16.9 Å². The minimum Gasteiger partial charge on any atom is -0.397 e. The summed E-state index contributed by atoms with van der Waals surface area (Å²) in [5.74, 6) is 1.04. The molecular formula is C12H16N2S. The third kappa shape index (κ3) is 2.12. The maximum Gasteiger partial charge on any atom is 0.0690 e. The van der Waals surface area contributed by atoms with Crippen molar-refractivity contribution in [2.24, 2.45) is 0 Å². The van der Waals surface area contributed by atoms with Crippen molar-refractivity contribution < 1.29 is 0 Å². The minimum absolute atomic E-state index is 0.663. The molecule has 1 aromatic heterocycles. The molecule has 3 N–H and O–H groups in total. The van der Waals surface area contributed by atoms with Gasteiger partial charge in [-0.25, -0.2) is 0 Å². The number of thioether (sulfide) groups is 1. The third-order valence-electron chi connectivity index (χ3n) is 2.41. The maximum absolute atomic E-state index is 5.89. The lowest BCUT2D eigenvalue weighted by Crippen LogP contribution is -1.88. The van der Waals surface area contributed by atoms with Gasteiger partial charge in [-0.3, -0.25) is 0 Å². The van der Waals surface area contributed by atoms with Gasteiger partial charge in [0.15, 0.2) is 0 Å². The summed E-state index contributed by atoms with van der Waals surface area (Å²) in [7, 11) is 0. The molecule has 2 rings (SSSR count). The fourth-order valence-corrected chi connectivity index (χ4v) is 2.36. The Morgan fingerprint density at radius 2 is 2.20 bits per heavy atom. The van der Waals surface area contributed by atoms with Crippen molar-refractivity contribution in [3.8, 4) is 0 Å². The van der Waals surface area contributed by atoms with Crippen LogP contribution in [0.15, 0.2) is 24.4 Å². The summed E-state index contributed by atoms with van der Waals surface area (Å²) in [6.07, 6.45) is 2.07. The van der Waals surface area contributed by atoms with Gasteiger partial charge in [0.05, 0.1) is 11.2 Å². The molecule has 80 valence electrons. The third-order valence-corrected chi connectivity index (χ3v) is 3.55. The van der Waals surface area contributed by atoms with Crippen molar-refractivity contribution in [1.29, 1.82) is 0 Å². The second kappa shape index (κ2) is 4.19. The van der Waals surface area contributed by atoms with Crippen LogP contribution in [0.3, 0.4) is 0 Å². The highest BCUT2D eigenvalue weighted by Gasteiger charge is 2.06. The number of nitrogens with one attached hydrogen (secondary N) is 1. The summed E-state index contributed by atoms with van der Waals surface area (Å²) >= 11 is 1.95. The number of H-pyrrole nitrogens is 1. The van der Waals surface area contributed by atoms with Crippen LogP contribution in [-0.4, -0.2) is 10.2 Å². The highest BCUT2D eigenvalue weighted by Crippen LogP contribution is 2.27. The molecule has 3 heteroatoms. The van der Waals surface area contributed by atoms with Crippen LogP contribution in [0.1, 0.15) is 19.4 Å². The number of nitrogens with two attached hydrogens (primary N) is 1. The summed E-state index contributed by atoms with van der Waals surface area (Å²) in [5.41, 5.74) is 9.12. The second-order valence-corrected chi connectivity index (χ2v) is 5.51. The molecule has 0 aliphatic rings. The number of rotatable bonds is 3. The molecule has 0 spiro atoms. The monoisotopic (exact) mass is 220 g/mol. The van der Waals surface area contributed by atoms with Crippen molar-refractivity contribution in [2.45, 2.75) is 24.9 Å². The molecule has 0 saturated heterocycles. The van der Waals surface area contributed by atoms with E-state index in [9.17, 15) is 0 Å². The van der Waals surface area contributed by atoms with Crippen LogP contribution < -0.4 is 5.73 Å². The molecule has 0 aliphatic heterocycles. The first kappa shape index (κ1) is 10.4. The van der Waals surface area contributed by atoms with Crippen LogP contribution in [0.2, 0.25) is 0 Å². The van der Waals surface area contributed by atoms with Crippen LogP contribution >= 0.6 is 11.8 Å². The molecule has 0 unspecified atom stereocenters. The fraction of sp³-hybridized carbons (Fsp3) is 0.333. The van der Waals surface area contributed by atoms with Crippen molar-refractivity contribution in [2.75, 3.05) is 5.73 Å². The van der Waals surface area contributed by atoms with Crippen LogP contribution in [-0.2, 0) is 5.75 Å². The van der Waals surface area contributed by atoms with Crippen molar-refractivity contribution in [3.05, 3.63) is 30.0 Å². The first-order chi connectivity index (χ1) is 7.18. The van der Waals surface area contributed by atoms with Crippen LogP contribution in [0.4, 0.5) is 5.69 Å². The molecule has 15 heavy (non-hydrogen) atoms. The molecule has 0 bridgehead atoms. The lowest BCUT2D eigenvalue weighted by molar-refractivity contribution is 1.11. The smallest absolute Gasteiger partial charge is 0.0690 e. The van der Waals surface area contributed by atoms with Gasteiger partial charge in [0.1, 0.15) is 0 Å². The van der Waals surface area contributed by atoms with E-state index in [1.54, 1.807) is 0 Å². The molecule has 0 amide bonds. The summed E-state index contributed by atoms with van der Waals surface area (Å²) in [4.78, 5) is 3.24. The number of aromatic amines is 1. The molecule has 1 heterocycles. The summed E-state index contributed by atoms with van der Waals surface area (Å²) in [6, 6.07) is 6.06. The van der Waals surface area contributed by atoms with Crippen molar-refractivity contribution in [1.82, 2.24) is 4.98 Å². The summed E-state index contributed by atoms with van der Waals surface area (Å²) in [5, 5.41) is 1.92. The Labute approximate surface area is 94.2 Å². The van der Waals surface area contributed by atoms with Crippen LogP contribution in [0, 0.1) is 0 Å². The largest absolute Gasteiger partial charge is 0.397 e. The van der Waals surface area contributed by atoms with Gasteiger partial charge in [-0.15, -0.1) is 0 Å². The molecule has 1 aromatic carbocycles. The van der Waals surface area contributed by atoms with Gasteiger partial charge in [-0.2, -0.15) is 11.8 Å². The zero-order chi connectivity index (χ0) is 10.8. The molecule has 0 fully saturated rings. The number of para-hydroxylation sites is 1. The number of benzene rings is 1. The van der Waals surface area contributed by atoms with E-state index < -0.39 is 0 Å². The number of aromatic nitrogens is 1. The molecule has 0 atom stereocenters. The lowest BCUT2D eigenvalue weighted by atomic mass is 10.2. The molecule has 2 nitrogen and oxygen atoms in total. The highest BCUT2D eigenvalue weighted by molar-refractivity contribution is 7.99. The van der Waals surface area contributed by atoms with Gasteiger partial charge >= 0.3 is 0 Å². The Hall–Kier alpha value is -1.09.